The average molecular weight is 278 g/mol. The van der Waals surface area contributed by atoms with Crippen LogP contribution < -0.4 is 5.56 Å². The van der Waals surface area contributed by atoms with E-state index in [9.17, 15) is 13.6 Å². The maximum Gasteiger partial charge on any atom is 0.262 e. The summed E-state index contributed by atoms with van der Waals surface area (Å²) in [6.45, 7) is -0.470. The molecule has 0 atom stereocenters. The van der Waals surface area contributed by atoms with Gasteiger partial charge < -0.3 is 10.1 Å². The molecule has 0 radical (unpaired) electrons. The van der Waals surface area contributed by atoms with Crippen LogP contribution in [-0.2, 0) is 6.61 Å². The molecular formula is C12H8F2N4O2. The van der Waals surface area contributed by atoms with Crippen molar-refractivity contribution in [2.75, 3.05) is 0 Å². The number of benzene rings is 1. The molecule has 0 bridgehead atoms. The van der Waals surface area contributed by atoms with Crippen LogP contribution in [0, 0.1) is 11.6 Å². The molecule has 2 aromatic heterocycles. The summed E-state index contributed by atoms with van der Waals surface area (Å²) in [6.07, 6.45) is 1.23. The second-order valence-electron chi connectivity index (χ2n) is 4.06. The van der Waals surface area contributed by atoms with Crippen molar-refractivity contribution in [2.24, 2.45) is 0 Å². The fourth-order valence-electron chi connectivity index (χ4n) is 1.87. The molecule has 0 unspecified atom stereocenters. The van der Waals surface area contributed by atoms with Gasteiger partial charge in [0, 0.05) is 6.07 Å². The normalized spacial score (nSPS) is 11.2. The van der Waals surface area contributed by atoms with Crippen LogP contribution in [0.2, 0.25) is 0 Å². The van der Waals surface area contributed by atoms with E-state index in [1.54, 1.807) is 0 Å². The highest BCUT2D eigenvalue weighted by Crippen LogP contribution is 2.18. The van der Waals surface area contributed by atoms with E-state index in [4.69, 9.17) is 5.11 Å². The number of H-pyrrole nitrogens is 1. The lowest BCUT2D eigenvalue weighted by Crippen LogP contribution is -2.12. The fraction of sp³-hybridized carbons (Fsp3) is 0.0833. The smallest absolute Gasteiger partial charge is 0.262 e. The molecule has 0 amide bonds. The van der Waals surface area contributed by atoms with Crippen molar-refractivity contribution in [3.63, 3.8) is 0 Å². The summed E-state index contributed by atoms with van der Waals surface area (Å²) in [5.74, 6) is -1.51. The van der Waals surface area contributed by atoms with Crippen LogP contribution >= 0.6 is 0 Å². The number of hydrogen-bond acceptors (Lipinski definition) is 4. The fourth-order valence-corrected chi connectivity index (χ4v) is 1.87. The minimum Gasteiger partial charge on any atom is -0.388 e. The Hall–Kier alpha value is -2.61. The third-order valence-corrected chi connectivity index (χ3v) is 2.77. The zero-order valence-corrected chi connectivity index (χ0v) is 9.97. The number of rotatable bonds is 2. The van der Waals surface area contributed by atoms with Gasteiger partial charge in [0.1, 0.15) is 29.3 Å². The van der Waals surface area contributed by atoms with Crippen LogP contribution in [-0.4, -0.2) is 24.9 Å². The van der Waals surface area contributed by atoms with Crippen LogP contribution in [0.15, 0.2) is 29.2 Å². The standard InChI is InChI=1S/C12H8F2N4O2/c13-6-1-2-9(8(14)3-6)18-11-7(4-15-18)12(20)17-10(5-19)16-11/h1-4,19H,5H2,(H,16,17,20). The molecule has 102 valence electrons. The minimum atomic E-state index is -0.831. The van der Waals surface area contributed by atoms with E-state index in [0.29, 0.717) is 6.07 Å². The molecule has 20 heavy (non-hydrogen) atoms. The first-order chi connectivity index (χ1) is 9.60. The number of nitrogens with one attached hydrogen (secondary N) is 1. The monoisotopic (exact) mass is 278 g/mol. The van der Waals surface area contributed by atoms with Crippen LogP contribution in [0.5, 0.6) is 0 Å². The highest BCUT2D eigenvalue weighted by atomic mass is 19.1. The Labute approximate surface area is 110 Å². The molecule has 1 aromatic carbocycles. The van der Waals surface area contributed by atoms with Gasteiger partial charge in [0.05, 0.1) is 6.20 Å². The first kappa shape index (κ1) is 12.4. The second-order valence-corrected chi connectivity index (χ2v) is 4.06. The number of aliphatic hydroxyl groups excluding tert-OH is 1. The van der Waals surface area contributed by atoms with Crippen LogP contribution in [0.1, 0.15) is 5.82 Å². The molecule has 3 aromatic rings. The highest BCUT2D eigenvalue weighted by molar-refractivity contribution is 5.75. The molecule has 0 saturated carbocycles. The lowest BCUT2D eigenvalue weighted by molar-refractivity contribution is 0.271. The summed E-state index contributed by atoms with van der Waals surface area (Å²) in [5.41, 5.74) is -0.445. The zero-order chi connectivity index (χ0) is 14.3. The quantitative estimate of drug-likeness (QED) is 0.729. The summed E-state index contributed by atoms with van der Waals surface area (Å²) in [7, 11) is 0. The Balaban J connectivity index is 2.31. The SMILES string of the molecule is O=c1[nH]c(CO)nc2c1cnn2-c1ccc(F)cc1F. The molecule has 0 aliphatic carbocycles. The van der Waals surface area contributed by atoms with E-state index in [2.05, 4.69) is 15.1 Å². The average Bonchev–Trinajstić information content (AvgIpc) is 2.83. The van der Waals surface area contributed by atoms with E-state index >= 15 is 0 Å². The van der Waals surface area contributed by atoms with Gasteiger partial charge in [0.25, 0.3) is 5.56 Å². The van der Waals surface area contributed by atoms with Crippen molar-refractivity contribution < 1.29 is 13.9 Å². The van der Waals surface area contributed by atoms with Gasteiger partial charge in [0.2, 0.25) is 0 Å². The van der Waals surface area contributed by atoms with Crippen LogP contribution in [0.4, 0.5) is 8.78 Å². The summed E-state index contributed by atoms with van der Waals surface area (Å²) in [6, 6.07) is 2.98. The summed E-state index contributed by atoms with van der Waals surface area (Å²) < 4.78 is 27.8. The molecule has 0 spiro atoms. The number of fused-ring (bicyclic) bond motifs is 1. The Morgan fingerprint density at radius 1 is 1.35 bits per heavy atom. The van der Waals surface area contributed by atoms with E-state index in [-0.39, 0.29) is 22.5 Å². The van der Waals surface area contributed by atoms with Gasteiger partial charge in [-0.3, -0.25) is 4.79 Å². The largest absolute Gasteiger partial charge is 0.388 e. The first-order valence-corrected chi connectivity index (χ1v) is 5.63. The van der Waals surface area contributed by atoms with E-state index in [1.807, 2.05) is 0 Å². The van der Waals surface area contributed by atoms with Gasteiger partial charge in [-0.15, -0.1) is 0 Å². The Bertz CT molecular complexity index is 856. The van der Waals surface area contributed by atoms with Gasteiger partial charge >= 0.3 is 0 Å². The number of nitrogens with zero attached hydrogens (tertiary/aromatic N) is 3. The second kappa shape index (κ2) is 4.49. The van der Waals surface area contributed by atoms with E-state index in [1.165, 1.54) is 12.3 Å². The molecule has 0 aliphatic heterocycles. The zero-order valence-electron chi connectivity index (χ0n) is 9.97. The predicted molar refractivity (Wildman–Crippen MR) is 65.3 cm³/mol. The summed E-state index contributed by atoms with van der Waals surface area (Å²) >= 11 is 0. The third kappa shape index (κ3) is 1.86. The Morgan fingerprint density at radius 3 is 2.85 bits per heavy atom. The predicted octanol–water partition coefficient (Wildman–Crippen LogP) is 0.879. The van der Waals surface area contributed by atoms with Gasteiger partial charge in [-0.25, -0.2) is 18.4 Å². The summed E-state index contributed by atoms with van der Waals surface area (Å²) in [5, 5.41) is 13.1. The highest BCUT2D eigenvalue weighted by Gasteiger charge is 2.14. The van der Waals surface area contributed by atoms with Crippen molar-refractivity contribution in [3.05, 3.63) is 52.2 Å². The molecule has 3 rings (SSSR count). The van der Waals surface area contributed by atoms with Crippen molar-refractivity contribution in [1.29, 1.82) is 0 Å². The number of aromatic amines is 1. The van der Waals surface area contributed by atoms with Gasteiger partial charge in [-0.1, -0.05) is 0 Å². The van der Waals surface area contributed by atoms with Crippen molar-refractivity contribution in [3.8, 4) is 5.69 Å². The minimum absolute atomic E-state index is 0.0340. The van der Waals surface area contributed by atoms with E-state index in [0.717, 1.165) is 10.7 Å². The van der Waals surface area contributed by atoms with Gasteiger partial charge in [-0.05, 0) is 12.1 Å². The molecule has 6 nitrogen and oxygen atoms in total. The maximum absolute atomic E-state index is 13.8. The van der Waals surface area contributed by atoms with Crippen molar-refractivity contribution in [2.45, 2.75) is 6.61 Å². The van der Waals surface area contributed by atoms with Crippen LogP contribution in [0.3, 0.4) is 0 Å². The maximum atomic E-state index is 13.8. The number of halogens is 2. The van der Waals surface area contributed by atoms with Gasteiger partial charge in [-0.2, -0.15) is 5.10 Å². The number of aromatic nitrogens is 4. The molecule has 0 saturated heterocycles. The lowest BCUT2D eigenvalue weighted by Gasteiger charge is -2.05. The molecular weight excluding hydrogens is 270 g/mol. The Morgan fingerprint density at radius 2 is 2.15 bits per heavy atom. The van der Waals surface area contributed by atoms with E-state index < -0.39 is 23.8 Å². The van der Waals surface area contributed by atoms with Crippen molar-refractivity contribution >= 4 is 11.0 Å². The first-order valence-electron chi connectivity index (χ1n) is 5.63. The lowest BCUT2D eigenvalue weighted by atomic mass is 10.3. The van der Waals surface area contributed by atoms with Gasteiger partial charge in [0.15, 0.2) is 11.5 Å². The molecule has 0 fully saturated rings. The number of hydrogen-bond donors (Lipinski definition) is 2. The Kier molecular flexibility index (Phi) is 2.79. The third-order valence-electron chi connectivity index (χ3n) is 2.77. The topological polar surface area (TPSA) is 83.8 Å². The molecule has 2 N–H and O–H groups in total. The molecule has 0 aliphatic rings. The van der Waals surface area contributed by atoms with Crippen molar-refractivity contribution in [1.82, 2.24) is 19.7 Å². The van der Waals surface area contributed by atoms with Crippen LogP contribution in [0.25, 0.3) is 16.7 Å². The number of aliphatic hydroxyl groups is 1. The summed E-state index contributed by atoms with van der Waals surface area (Å²) in [4.78, 5) is 18.1. The molecule has 8 heteroatoms. The molecule has 2 heterocycles.